The third kappa shape index (κ3) is 7.45. The molecule has 1 N–H and O–H groups in total. The molecule has 3 heterocycles. The summed E-state index contributed by atoms with van der Waals surface area (Å²) in [4.78, 5) is 6.78. The maximum Gasteiger partial charge on any atom is 0.0607 e. The minimum absolute atomic E-state index is 0.694. The third-order valence-corrected chi connectivity index (χ3v) is 24.8. The van der Waals surface area contributed by atoms with Crippen molar-refractivity contribution in [2.45, 2.75) is 280 Å². The van der Waals surface area contributed by atoms with Crippen LogP contribution in [0, 0.1) is 88.8 Å². The smallest absolute Gasteiger partial charge is 0.0607 e. The zero-order valence-corrected chi connectivity index (χ0v) is 40.3. The quantitative estimate of drug-likeness (QED) is 0.297. The molecule has 13 aliphatic rings. The van der Waals surface area contributed by atoms with E-state index >= 15 is 0 Å². The van der Waals surface area contributed by atoms with Gasteiger partial charge in [-0.2, -0.15) is 0 Å². The normalized spacial score (nSPS) is 53.0. The highest BCUT2D eigenvalue weighted by molar-refractivity contribution is 5.12. The SMILES string of the molecule is C1CCC(C2CC(C3CCCCC3)NC(N3C4CCCCC4C4CC(C5CCC6C(C5)C5CCCCC5N6C5CCC6C7CCCCC7C7CCCCC7C6C5)CCC43)C2)CC1. The van der Waals surface area contributed by atoms with Crippen molar-refractivity contribution in [1.29, 1.82) is 0 Å². The topological polar surface area (TPSA) is 18.5 Å². The van der Waals surface area contributed by atoms with Crippen molar-refractivity contribution in [3.8, 4) is 0 Å². The van der Waals surface area contributed by atoms with E-state index in [-0.39, 0.29) is 0 Å². The van der Waals surface area contributed by atoms with Gasteiger partial charge < -0.3 is 0 Å². The van der Waals surface area contributed by atoms with Gasteiger partial charge in [-0.1, -0.05) is 103 Å². The zero-order valence-electron chi connectivity index (χ0n) is 40.3. The lowest BCUT2D eigenvalue weighted by Gasteiger charge is -2.59. The van der Waals surface area contributed by atoms with Gasteiger partial charge >= 0.3 is 0 Å². The summed E-state index contributed by atoms with van der Waals surface area (Å²) in [6, 6.07) is 5.49. The molecule has 0 bridgehead atoms. The highest BCUT2D eigenvalue weighted by Crippen LogP contribution is 2.63. The fourth-order valence-electron chi connectivity index (χ4n) is 22.6. The Hall–Kier alpha value is -0.120. The first-order valence-corrected chi connectivity index (χ1v) is 30.1. The van der Waals surface area contributed by atoms with Crippen molar-refractivity contribution in [2.24, 2.45) is 88.8 Å². The molecule has 0 aromatic carbocycles. The first-order chi connectivity index (χ1) is 30.7. The number of likely N-dealkylation sites (tertiary alicyclic amines) is 2. The average Bonchev–Trinajstić information content (AvgIpc) is 3.86. The summed E-state index contributed by atoms with van der Waals surface area (Å²) in [6.07, 6.45) is 58.5. The van der Waals surface area contributed by atoms with Gasteiger partial charge in [0.1, 0.15) is 0 Å². The van der Waals surface area contributed by atoms with Gasteiger partial charge in [0.25, 0.3) is 0 Å². The van der Waals surface area contributed by atoms with Gasteiger partial charge in [0.2, 0.25) is 0 Å². The Morgan fingerprint density at radius 3 is 1.29 bits per heavy atom. The Labute approximate surface area is 382 Å². The molecule has 3 nitrogen and oxygen atoms in total. The predicted molar refractivity (Wildman–Crippen MR) is 257 cm³/mol. The number of nitrogens with zero attached hydrogens (tertiary/aromatic N) is 2. The van der Waals surface area contributed by atoms with Crippen molar-refractivity contribution >= 4 is 0 Å². The van der Waals surface area contributed by atoms with Gasteiger partial charge in [-0.25, -0.2) is 0 Å². The highest BCUT2D eigenvalue weighted by Gasteiger charge is 2.59. The number of hydrogen-bond donors (Lipinski definition) is 1. The maximum atomic E-state index is 4.62. The molecule has 10 aliphatic carbocycles. The molecule has 3 heteroatoms. The highest BCUT2D eigenvalue weighted by atomic mass is 15.3. The summed E-state index contributed by atoms with van der Waals surface area (Å²) >= 11 is 0. The Bertz CT molecular complexity index is 1460. The molecule has 0 spiro atoms. The van der Waals surface area contributed by atoms with Crippen LogP contribution in [-0.4, -0.2) is 52.2 Å². The largest absolute Gasteiger partial charge is 0.299 e. The molecule has 20 atom stereocenters. The second-order valence-corrected chi connectivity index (χ2v) is 26.9. The van der Waals surface area contributed by atoms with E-state index < -0.39 is 0 Å². The molecule has 0 radical (unpaired) electrons. The van der Waals surface area contributed by atoms with Crippen LogP contribution in [0.15, 0.2) is 0 Å². The summed E-state index contributed by atoms with van der Waals surface area (Å²) in [7, 11) is 0. The molecular formula is C59H97N3. The van der Waals surface area contributed by atoms with Gasteiger partial charge in [0, 0.05) is 36.3 Å². The van der Waals surface area contributed by atoms with Crippen molar-refractivity contribution in [3.05, 3.63) is 0 Å². The number of rotatable bonds is 5. The van der Waals surface area contributed by atoms with E-state index in [2.05, 4.69) is 15.1 Å². The van der Waals surface area contributed by atoms with Crippen molar-refractivity contribution < 1.29 is 0 Å². The summed E-state index contributed by atoms with van der Waals surface area (Å²) in [6.45, 7) is 0. The van der Waals surface area contributed by atoms with E-state index in [0.29, 0.717) is 6.17 Å². The molecule has 3 saturated heterocycles. The molecule has 0 aromatic heterocycles. The maximum absolute atomic E-state index is 4.62. The van der Waals surface area contributed by atoms with E-state index in [1.807, 2.05) is 0 Å². The van der Waals surface area contributed by atoms with Crippen LogP contribution in [0.3, 0.4) is 0 Å². The molecule has 20 unspecified atom stereocenters. The molecule has 13 fully saturated rings. The van der Waals surface area contributed by atoms with Crippen LogP contribution in [0.4, 0.5) is 0 Å². The lowest BCUT2D eigenvalue weighted by atomic mass is 9.48. The Morgan fingerprint density at radius 1 is 0.242 bits per heavy atom. The van der Waals surface area contributed by atoms with E-state index in [1.54, 1.807) is 148 Å². The third-order valence-electron chi connectivity index (χ3n) is 24.8. The van der Waals surface area contributed by atoms with Gasteiger partial charge in [-0.05, 0) is 224 Å². The monoisotopic (exact) mass is 848 g/mol. The van der Waals surface area contributed by atoms with E-state index in [1.165, 1.54) is 89.9 Å². The second-order valence-electron chi connectivity index (χ2n) is 26.9. The van der Waals surface area contributed by atoms with Crippen LogP contribution in [0.5, 0.6) is 0 Å². The molecule has 10 saturated carbocycles. The van der Waals surface area contributed by atoms with Crippen LogP contribution in [0.25, 0.3) is 0 Å². The zero-order chi connectivity index (χ0) is 40.7. The summed E-state index contributed by atoms with van der Waals surface area (Å²) in [5.41, 5.74) is 0. The molecular weight excluding hydrogens is 751 g/mol. The Morgan fingerprint density at radius 2 is 0.694 bits per heavy atom. The molecule has 0 amide bonds. The van der Waals surface area contributed by atoms with Gasteiger partial charge in [-0.15, -0.1) is 0 Å². The van der Waals surface area contributed by atoms with Crippen molar-refractivity contribution in [2.75, 3.05) is 0 Å². The van der Waals surface area contributed by atoms with Crippen LogP contribution in [-0.2, 0) is 0 Å². The number of fused-ring (bicyclic) bond motifs is 12. The summed E-state index contributed by atoms with van der Waals surface area (Å²) in [5, 5.41) is 4.62. The van der Waals surface area contributed by atoms with Crippen LogP contribution in [0.2, 0.25) is 0 Å². The van der Waals surface area contributed by atoms with Gasteiger partial charge in [0.15, 0.2) is 0 Å². The average molecular weight is 848 g/mol. The van der Waals surface area contributed by atoms with Gasteiger partial charge in [-0.3, -0.25) is 15.1 Å². The molecule has 3 aliphatic heterocycles. The first kappa shape index (κ1) is 42.0. The van der Waals surface area contributed by atoms with E-state index in [9.17, 15) is 0 Å². The second kappa shape index (κ2) is 18.1. The Kier molecular flexibility index (Phi) is 12.3. The molecule has 0 aromatic rings. The van der Waals surface area contributed by atoms with Crippen molar-refractivity contribution in [1.82, 2.24) is 15.1 Å². The fourth-order valence-corrected chi connectivity index (χ4v) is 22.6. The summed E-state index contributed by atoms with van der Waals surface area (Å²) < 4.78 is 0. The minimum Gasteiger partial charge on any atom is -0.299 e. The summed E-state index contributed by atoms with van der Waals surface area (Å²) in [5.74, 6) is 16.0. The van der Waals surface area contributed by atoms with E-state index in [0.717, 1.165) is 125 Å². The minimum atomic E-state index is 0.694. The molecule has 62 heavy (non-hydrogen) atoms. The fraction of sp³-hybridized carbons (Fsp3) is 1.00. The number of hydrogen-bond acceptors (Lipinski definition) is 3. The lowest BCUT2D eigenvalue weighted by Crippen LogP contribution is -2.61. The van der Waals surface area contributed by atoms with Crippen molar-refractivity contribution in [3.63, 3.8) is 0 Å². The van der Waals surface area contributed by atoms with Crippen LogP contribution < -0.4 is 5.32 Å². The standard InChI is InChI=1S/C59H97N3/c1-3-15-38(16-4-1)42-35-54(39-17-5-2-6-18-39)60-59(36-42)62-56-26-14-12-24-50(56)53-34-41(28-32-58(53)62)40-27-31-57-52(33-40)49-23-11-13-25-55(49)61(57)43-29-30-48-46-21-8-7-19-44(46)45-20-9-10-22-47(45)51(48)37-43/h38-60H,1-37H2. The molecule has 348 valence electrons. The number of piperidine rings is 1. The lowest BCUT2D eigenvalue weighted by molar-refractivity contribution is -0.0986. The Balaban J connectivity index is 0.711. The van der Waals surface area contributed by atoms with Crippen LogP contribution in [0.1, 0.15) is 238 Å². The number of nitrogens with one attached hydrogen (secondary N) is 1. The molecule has 13 rings (SSSR count). The van der Waals surface area contributed by atoms with Gasteiger partial charge in [0.05, 0.1) is 6.17 Å². The first-order valence-electron chi connectivity index (χ1n) is 30.1. The van der Waals surface area contributed by atoms with E-state index in [4.69, 9.17) is 0 Å². The predicted octanol–water partition coefficient (Wildman–Crippen LogP) is 14.6. The van der Waals surface area contributed by atoms with Crippen LogP contribution >= 0.6 is 0 Å².